The Balaban J connectivity index is 2.55. The van der Waals surface area contributed by atoms with E-state index in [0.717, 1.165) is 17.7 Å². The summed E-state index contributed by atoms with van der Waals surface area (Å²) in [5.41, 5.74) is 6.42. The van der Waals surface area contributed by atoms with Gasteiger partial charge in [-0.3, -0.25) is 0 Å². The summed E-state index contributed by atoms with van der Waals surface area (Å²) in [5.74, 6) is 0.856. The summed E-state index contributed by atoms with van der Waals surface area (Å²) in [6, 6.07) is 7.76. The predicted molar refractivity (Wildman–Crippen MR) is 56.4 cm³/mol. The van der Waals surface area contributed by atoms with Crippen LogP contribution in [0.15, 0.2) is 24.3 Å². The van der Waals surface area contributed by atoms with Gasteiger partial charge in [0.25, 0.3) is 0 Å². The first kappa shape index (κ1) is 11.0. The van der Waals surface area contributed by atoms with Crippen LogP contribution in [0.25, 0.3) is 0 Å². The van der Waals surface area contributed by atoms with E-state index in [1.165, 1.54) is 0 Å². The number of aliphatic hydroxyl groups excluding tert-OH is 1. The molecule has 3 N–H and O–H groups in total. The number of benzene rings is 1. The van der Waals surface area contributed by atoms with Crippen molar-refractivity contribution < 1.29 is 9.84 Å². The van der Waals surface area contributed by atoms with E-state index in [1.54, 1.807) is 0 Å². The zero-order chi connectivity index (χ0) is 10.2. The van der Waals surface area contributed by atoms with Crippen molar-refractivity contribution in [3.8, 4) is 5.75 Å². The summed E-state index contributed by atoms with van der Waals surface area (Å²) in [6.07, 6.45) is 1.49. The molecule has 3 nitrogen and oxygen atoms in total. The van der Waals surface area contributed by atoms with E-state index < -0.39 is 0 Å². The molecule has 0 aliphatic rings. The molecule has 0 aliphatic heterocycles. The normalized spacial score (nSPS) is 10.1. The number of nitrogens with two attached hydrogens (primary N) is 1. The fourth-order valence-electron chi connectivity index (χ4n) is 1.24. The molecule has 1 aromatic carbocycles. The minimum Gasteiger partial charge on any atom is -0.493 e. The largest absolute Gasteiger partial charge is 0.493 e. The molecule has 0 aromatic heterocycles. The molecule has 0 amide bonds. The van der Waals surface area contributed by atoms with E-state index in [1.807, 2.05) is 24.3 Å². The maximum atomic E-state index is 8.84. The van der Waals surface area contributed by atoms with Crippen LogP contribution in [-0.2, 0) is 6.42 Å². The highest BCUT2D eigenvalue weighted by Crippen LogP contribution is 2.18. The van der Waals surface area contributed by atoms with Gasteiger partial charge in [0.05, 0.1) is 6.61 Å². The Hall–Kier alpha value is -1.06. The van der Waals surface area contributed by atoms with Gasteiger partial charge in [0.1, 0.15) is 5.75 Å². The lowest BCUT2D eigenvalue weighted by Gasteiger charge is -2.09. The van der Waals surface area contributed by atoms with Crippen LogP contribution >= 0.6 is 0 Å². The summed E-state index contributed by atoms with van der Waals surface area (Å²) in [5, 5.41) is 8.84. The number of aliphatic hydroxyl groups is 1. The van der Waals surface area contributed by atoms with Crippen molar-refractivity contribution in [2.24, 2.45) is 5.73 Å². The quantitative estimate of drug-likeness (QED) is 0.664. The van der Waals surface area contributed by atoms with Crippen LogP contribution in [0.3, 0.4) is 0 Å². The van der Waals surface area contributed by atoms with E-state index in [9.17, 15) is 0 Å². The van der Waals surface area contributed by atoms with Gasteiger partial charge in [-0.05, 0) is 31.0 Å². The van der Waals surface area contributed by atoms with Crippen molar-refractivity contribution in [2.45, 2.75) is 12.8 Å². The van der Waals surface area contributed by atoms with Crippen molar-refractivity contribution in [2.75, 3.05) is 19.8 Å². The van der Waals surface area contributed by atoms with Crippen molar-refractivity contribution in [1.29, 1.82) is 0 Å². The number of ether oxygens (including phenoxy) is 1. The molecule has 0 saturated carbocycles. The average Bonchev–Trinajstić information content (AvgIpc) is 2.21. The SMILES string of the molecule is NCCCOc1ccccc1CCO. The summed E-state index contributed by atoms with van der Waals surface area (Å²) < 4.78 is 5.54. The van der Waals surface area contributed by atoms with Crippen molar-refractivity contribution in [3.63, 3.8) is 0 Å². The van der Waals surface area contributed by atoms with Gasteiger partial charge in [-0.25, -0.2) is 0 Å². The molecule has 0 atom stereocenters. The summed E-state index contributed by atoms with van der Waals surface area (Å²) in [6.45, 7) is 1.43. The topological polar surface area (TPSA) is 55.5 Å². The molecule has 1 aromatic rings. The monoisotopic (exact) mass is 195 g/mol. The maximum Gasteiger partial charge on any atom is 0.122 e. The van der Waals surface area contributed by atoms with E-state index in [2.05, 4.69) is 0 Å². The number of hydrogen-bond donors (Lipinski definition) is 2. The van der Waals surface area contributed by atoms with Gasteiger partial charge in [-0.1, -0.05) is 18.2 Å². The van der Waals surface area contributed by atoms with E-state index in [0.29, 0.717) is 19.6 Å². The van der Waals surface area contributed by atoms with Gasteiger partial charge >= 0.3 is 0 Å². The first-order valence-corrected chi connectivity index (χ1v) is 4.90. The predicted octanol–water partition coefficient (Wildman–Crippen LogP) is 0.949. The zero-order valence-corrected chi connectivity index (χ0v) is 8.28. The molecule has 0 unspecified atom stereocenters. The van der Waals surface area contributed by atoms with Crippen LogP contribution in [0.1, 0.15) is 12.0 Å². The van der Waals surface area contributed by atoms with E-state index >= 15 is 0 Å². The standard InChI is InChI=1S/C11H17NO2/c12-7-3-9-14-11-5-2-1-4-10(11)6-8-13/h1-2,4-5,13H,3,6-9,12H2. The van der Waals surface area contributed by atoms with Gasteiger partial charge in [0.2, 0.25) is 0 Å². The molecule has 0 radical (unpaired) electrons. The Morgan fingerprint density at radius 1 is 1.29 bits per heavy atom. The smallest absolute Gasteiger partial charge is 0.122 e. The second-order valence-corrected chi connectivity index (χ2v) is 3.07. The van der Waals surface area contributed by atoms with Crippen LogP contribution in [0.5, 0.6) is 5.75 Å². The second kappa shape index (κ2) is 6.40. The van der Waals surface area contributed by atoms with Gasteiger partial charge in [0, 0.05) is 6.61 Å². The zero-order valence-electron chi connectivity index (χ0n) is 8.28. The number of para-hydroxylation sites is 1. The number of rotatable bonds is 6. The van der Waals surface area contributed by atoms with Crippen LogP contribution in [-0.4, -0.2) is 24.9 Å². The molecule has 0 heterocycles. The average molecular weight is 195 g/mol. The third-order valence-electron chi connectivity index (χ3n) is 1.96. The summed E-state index contributed by atoms with van der Waals surface area (Å²) >= 11 is 0. The fourth-order valence-corrected chi connectivity index (χ4v) is 1.24. The van der Waals surface area contributed by atoms with Gasteiger partial charge < -0.3 is 15.6 Å². The second-order valence-electron chi connectivity index (χ2n) is 3.07. The first-order valence-electron chi connectivity index (χ1n) is 4.90. The van der Waals surface area contributed by atoms with E-state index in [4.69, 9.17) is 15.6 Å². The summed E-state index contributed by atoms with van der Waals surface area (Å²) in [7, 11) is 0. The minimum absolute atomic E-state index is 0.150. The lowest BCUT2D eigenvalue weighted by atomic mass is 10.1. The highest BCUT2D eigenvalue weighted by Gasteiger charge is 2.01. The molecular formula is C11H17NO2. The highest BCUT2D eigenvalue weighted by molar-refractivity contribution is 5.33. The lowest BCUT2D eigenvalue weighted by molar-refractivity contribution is 0.287. The van der Waals surface area contributed by atoms with Crippen LogP contribution < -0.4 is 10.5 Å². The Labute approximate surface area is 84.5 Å². The van der Waals surface area contributed by atoms with Crippen molar-refractivity contribution in [1.82, 2.24) is 0 Å². The van der Waals surface area contributed by atoms with Gasteiger partial charge in [0.15, 0.2) is 0 Å². The molecule has 0 bridgehead atoms. The van der Waals surface area contributed by atoms with Gasteiger partial charge in [-0.15, -0.1) is 0 Å². The molecule has 0 fully saturated rings. The van der Waals surface area contributed by atoms with Gasteiger partial charge in [-0.2, -0.15) is 0 Å². The third kappa shape index (κ3) is 3.36. The molecule has 14 heavy (non-hydrogen) atoms. The van der Waals surface area contributed by atoms with Crippen LogP contribution in [0.4, 0.5) is 0 Å². The Morgan fingerprint density at radius 2 is 2.07 bits per heavy atom. The molecule has 0 aliphatic carbocycles. The first-order chi connectivity index (χ1) is 6.88. The third-order valence-corrected chi connectivity index (χ3v) is 1.96. The van der Waals surface area contributed by atoms with E-state index in [-0.39, 0.29) is 6.61 Å². The Bertz CT molecular complexity index is 263. The molecule has 3 heteroatoms. The summed E-state index contributed by atoms with van der Waals surface area (Å²) in [4.78, 5) is 0. The molecule has 0 saturated heterocycles. The van der Waals surface area contributed by atoms with Crippen LogP contribution in [0.2, 0.25) is 0 Å². The molecular weight excluding hydrogens is 178 g/mol. The van der Waals surface area contributed by atoms with Crippen molar-refractivity contribution in [3.05, 3.63) is 29.8 Å². The molecule has 1 rings (SSSR count). The Morgan fingerprint density at radius 3 is 2.79 bits per heavy atom. The lowest BCUT2D eigenvalue weighted by Crippen LogP contribution is -2.07. The number of hydrogen-bond acceptors (Lipinski definition) is 3. The highest BCUT2D eigenvalue weighted by atomic mass is 16.5. The minimum atomic E-state index is 0.150. The fraction of sp³-hybridized carbons (Fsp3) is 0.455. The van der Waals surface area contributed by atoms with Crippen molar-refractivity contribution >= 4 is 0 Å². The Kier molecular flexibility index (Phi) is 5.04. The molecule has 78 valence electrons. The maximum absolute atomic E-state index is 8.84. The van der Waals surface area contributed by atoms with Crippen LogP contribution in [0, 0.1) is 0 Å². The molecule has 0 spiro atoms.